The summed E-state index contributed by atoms with van der Waals surface area (Å²) in [5, 5.41) is 11.4. The predicted octanol–water partition coefficient (Wildman–Crippen LogP) is 1.84. The van der Waals surface area contributed by atoms with E-state index in [-0.39, 0.29) is 24.0 Å². The number of methoxy groups -OCH3 is 2. The number of nitrogen functional groups attached to an aromatic ring is 1. The topological polar surface area (TPSA) is 143 Å². The fourth-order valence-corrected chi connectivity index (χ4v) is 3.06. The zero-order valence-corrected chi connectivity index (χ0v) is 16.8. The Labute approximate surface area is 176 Å². The van der Waals surface area contributed by atoms with Crippen LogP contribution in [0.1, 0.15) is 5.56 Å². The van der Waals surface area contributed by atoms with Crippen molar-refractivity contribution < 1.29 is 18.9 Å². The van der Waals surface area contributed by atoms with E-state index in [9.17, 15) is 4.79 Å². The molecule has 2 aromatic carbocycles. The van der Waals surface area contributed by atoms with Crippen molar-refractivity contribution in [3.8, 4) is 23.0 Å². The normalized spacial score (nSPS) is 11.2. The lowest BCUT2D eigenvalue weighted by Gasteiger charge is -2.08. The average Bonchev–Trinajstić information content (AvgIpc) is 3.37. The van der Waals surface area contributed by atoms with Gasteiger partial charge >= 0.3 is 0 Å². The van der Waals surface area contributed by atoms with E-state index in [0.717, 1.165) is 5.52 Å². The number of nitrogens with two attached hydrogens (primary N) is 1. The van der Waals surface area contributed by atoms with E-state index in [1.54, 1.807) is 37.0 Å². The smallest absolute Gasteiger partial charge is 0.260 e. The second-order valence-corrected chi connectivity index (χ2v) is 6.41. The molecule has 0 atom stereocenters. The van der Waals surface area contributed by atoms with Crippen molar-refractivity contribution in [2.45, 2.75) is 6.54 Å². The van der Waals surface area contributed by atoms with Crippen molar-refractivity contribution in [2.24, 2.45) is 5.10 Å². The molecule has 0 aliphatic rings. The highest BCUT2D eigenvalue weighted by Crippen LogP contribution is 2.26. The number of anilines is 1. The third kappa shape index (κ3) is 4.01. The first-order valence-corrected chi connectivity index (χ1v) is 9.18. The van der Waals surface area contributed by atoms with Crippen molar-refractivity contribution in [3.63, 3.8) is 0 Å². The number of nitrogens with one attached hydrogen (secondary N) is 1. The lowest BCUT2D eigenvalue weighted by atomic mass is 10.2. The summed E-state index contributed by atoms with van der Waals surface area (Å²) in [7, 11) is 3.11. The predicted molar refractivity (Wildman–Crippen MR) is 113 cm³/mol. The number of amides is 1. The molecule has 0 radical (unpaired) electrons. The molecule has 3 N–H and O–H groups in total. The van der Waals surface area contributed by atoms with Crippen molar-refractivity contribution in [3.05, 3.63) is 48.0 Å². The molecule has 0 fully saturated rings. The van der Waals surface area contributed by atoms with E-state index < -0.39 is 0 Å². The Bertz CT molecular complexity index is 1260. The van der Waals surface area contributed by atoms with Crippen LogP contribution in [-0.2, 0) is 11.3 Å². The van der Waals surface area contributed by atoms with E-state index in [1.165, 1.54) is 6.21 Å². The molecule has 0 aliphatic heterocycles. The average molecular weight is 421 g/mol. The minimum atomic E-state index is -0.377. The first-order chi connectivity index (χ1) is 15.1. The summed E-state index contributed by atoms with van der Waals surface area (Å²) in [6.07, 6.45) is 1.48. The third-order valence-corrected chi connectivity index (χ3v) is 4.51. The van der Waals surface area contributed by atoms with Crippen LogP contribution in [0.25, 0.3) is 22.6 Å². The first kappa shape index (κ1) is 19.9. The fraction of sp³-hybridized carbons (Fsp3) is 0.150. The molecule has 11 heteroatoms. The van der Waals surface area contributed by atoms with Crippen molar-refractivity contribution >= 4 is 29.0 Å². The number of carbonyl (C=O) groups excluding carboxylic acids is 1. The Balaban J connectivity index is 1.57. The van der Waals surface area contributed by atoms with Crippen LogP contribution >= 0.6 is 0 Å². The number of hydrazone groups is 1. The Morgan fingerprint density at radius 1 is 1.23 bits per heavy atom. The minimum absolute atomic E-state index is 0.0747. The molecule has 0 aliphatic carbocycles. The van der Waals surface area contributed by atoms with Gasteiger partial charge in [-0.05, 0) is 40.6 Å². The van der Waals surface area contributed by atoms with Crippen LogP contribution in [0.15, 0.2) is 52.2 Å². The molecule has 2 heterocycles. The fourth-order valence-electron chi connectivity index (χ4n) is 3.06. The second-order valence-electron chi connectivity index (χ2n) is 6.41. The molecule has 4 aromatic rings. The van der Waals surface area contributed by atoms with Gasteiger partial charge in [0.05, 0.1) is 31.5 Å². The molecule has 1 amide bonds. The molecule has 0 unspecified atom stereocenters. The van der Waals surface area contributed by atoms with Crippen molar-refractivity contribution in [2.75, 3.05) is 20.0 Å². The summed E-state index contributed by atoms with van der Waals surface area (Å²) < 4.78 is 16.9. The van der Waals surface area contributed by atoms with Gasteiger partial charge in [-0.15, -0.1) is 0 Å². The zero-order valence-electron chi connectivity index (χ0n) is 16.8. The Morgan fingerprint density at radius 3 is 2.81 bits per heavy atom. The number of para-hydroxylation sites is 2. The number of carbonyl (C=O) groups is 1. The van der Waals surface area contributed by atoms with Crippen LogP contribution in [0.2, 0.25) is 0 Å². The minimum Gasteiger partial charge on any atom is -0.497 e. The molecule has 2 aromatic heterocycles. The van der Waals surface area contributed by atoms with E-state index in [4.69, 9.17) is 15.2 Å². The van der Waals surface area contributed by atoms with Crippen LogP contribution in [0.4, 0.5) is 5.82 Å². The maximum absolute atomic E-state index is 12.6. The lowest BCUT2D eigenvalue weighted by molar-refractivity contribution is -0.121. The van der Waals surface area contributed by atoms with E-state index in [1.807, 2.05) is 24.3 Å². The highest BCUT2D eigenvalue weighted by molar-refractivity contribution is 5.87. The van der Waals surface area contributed by atoms with Gasteiger partial charge in [0.15, 0.2) is 17.3 Å². The summed E-state index contributed by atoms with van der Waals surface area (Å²) in [5.41, 5.74) is 10.6. The second kappa shape index (κ2) is 8.53. The molecule has 0 saturated carbocycles. The SMILES string of the molecule is COc1ccc(OC)c(/C=N/NC(=O)Cn2c(-c3nonc3N)nc3ccccc32)c1. The largest absolute Gasteiger partial charge is 0.497 e. The van der Waals surface area contributed by atoms with Crippen molar-refractivity contribution in [1.82, 2.24) is 25.3 Å². The van der Waals surface area contributed by atoms with Gasteiger partial charge in [0, 0.05) is 5.56 Å². The number of nitrogens with zero attached hydrogens (tertiary/aromatic N) is 5. The molecule has 0 spiro atoms. The number of hydrogen-bond donors (Lipinski definition) is 2. The zero-order chi connectivity index (χ0) is 21.8. The molecular weight excluding hydrogens is 402 g/mol. The van der Waals surface area contributed by atoms with E-state index in [0.29, 0.717) is 28.4 Å². The van der Waals surface area contributed by atoms with Crippen LogP contribution in [0, 0.1) is 0 Å². The molecule has 11 nitrogen and oxygen atoms in total. The van der Waals surface area contributed by atoms with Crippen molar-refractivity contribution in [1.29, 1.82) is 0 Å². The lowest BCUT2D eigenvalue weighted by Crippen LogP contribution is -2.23. The number of fused-ring (bicyclic) bond motifs is 1. The van der Waals surface area contributed by atoms with Gasteiger partial charge in [-0.2, -0.15) is 5.10 Å². The van der Waals surface area contributed by atoms with Crippen LogP contribution in [0.5, 0.6) is 11.5 Å². The quantitative estimate of drug-likeness (QED) is 0.340. The molecule has 0 bridgehead atoms. The number of aromatic nitrogens is 4. The van der Waals surface area contributed by atoms with Crippen LogP contribution in [0.3, 0.4) is 0 Å². The Hall–Kier alpha value is -4.41. The third-order valence-electron chi connectivity index (χ3n) is 4.51. The summed E-state index contributed by atoms with van der Waals surface area (Å²) >= 11 is 0. The summed E-state index contributed by atoms with van der Waals surface area (Å²) in [6.45, 7) is -0.0747. The van der Waals surface area contributed by atoms with Gasteiger partial charge in [-0.25, -0.2) is 15.0 Å². The summed E-state index contributed by atoms with van der Waals surface area (Å²) in [5.74, 6) is 1.31. The first-order valence-electron chi connectivity index (χ1n) is 9.18. The molecule has 4 rings (SSSR count). The van der Waals surface area contributed by atoms with Crippen LogP contribution in [-0.4, -0.2) is 46.2 Å². The standard InChI is InChI=1S/C20H19N7O4/c1-29-13-7-8-16(30-2)12(9-13)10-22-24-17(28)11-27-15-6-4-3-5-14(15)23-20(27)18-19(21)26-31-25-18/h3-10H,11H2,1-2H3,(H2,21,26)(H,24,28)/b22-10+. The number of ether oxygens (including phenoxy) is 2. The molecular formula is C20H19N7O4. The maximum Gasteiger partial charge on any atom is 0.260 e. The van der Waals surface area contributed by atoms with Gasteiger partial charge < -0.3 is 19.8 Å². The maximum atomic E-state index is 12.6. The Morgan fingerprint density at radius 2 is 2.06 bits per heavy atom. The van der Waals surface area contributed by atoms with Gasteiger partial charge in [-0.3, -0.25) is 4.79 Å². The van der Waals surface area contributed by atoms with Crippen LogP contribution < -0.4 is 20.6 Å². The number of hydrogen-bond acceptors (Lipinski definition) is 9. The monoisotopic (exact) mass is 421 g/mol. The number of benzene rings is 2. The van der Waals surface area contributed by atoms with Gasteiger partial charge in [0.2, 0.25) is 0 Å². The molecule has 0 saturated heterocycles. The summed E-state index contributed by atoms with van der Waals surface area (Å²) in [4.78, 5) is 17.1. The highest BCUT2D eigenvalue weighted by atomic mass is 16.6. The molecule has 158 valence electrons. The Kier molecular flexibility index (Phi) is 5.47. The number of rotatable bonds is 7. The highest BCUT2D eigenvalue weighted by Gasteiger charge is 2.20. The number of imidazole rings is 1. The summed E-state index contributed by atoms with van der Waals surface area (Å²) in [6, 6.07) is 12.6. The van der Waals surface area contributed by atoms with E-state index in [2.05, 4.69) is 30.5 Å². The van der Waals surface area contributed by atoms with Gasteiger partial charge in [0.25, 0.3) is 5.91 Å². The molecule has 31 heavy (non-hydrogen) atoms. The van der Waals surface area contributed by atoms with E-state index >= 15 is 0 Å². The van der Waals surface area contributed by atoms with Gasteiger partial charge in [-0.1, -0.05) is 12.1 Å². The van der Waals surface area contributed by atoms with Gasteiger partial charge in [0.1, 0.15) is 18.0 Å².